The van der Waals surface area contributed by atoms with Gasteiger partial charge in [-0.1, -0.05) is 24.2 Å². The first-order valence-electron chi connectivity index (χ1n) is 9.14. The van der Waals surface area contributed by atoms with Gasteiger partial charge in [0, 0.05) is 18.4 Å². The van der Waals surface area contributed by atoms with Gasteiger partial charge in [-0.2, -0.15) is 0 Å². The molecule has 3 rings (SSSR count). The highest BCUT2D eigenvalue weighted by atomic mass is 32.2. The van der Waals surface area contributed by atoms with Crippen LogP contribution in [0.1, 0.15) is 41.7 Å². The Morgan fingerprint density at radius 2 is 1.93 bits per heavy atom. The molecular weight excluding hydrogens is 432 g/mol. The molecule has 2 aromatic rings. The molecule has 30 heavy (non-hydrogen) atoms. The fraction of sp³-hybridized carbons (Fsp3) is 0.389. The molecule has 0 bridgehead atoms. The number of nitrogens with zero attached hydrogens (tertiary/aromatic N) is 2. The van der Waals surface area contributed by atoms with Gasteiger partial charge in [0.2, 0.25) is 0 Å². The number of carbonyl (C=O) groups is 3. The highest BCUT2D eigenvalue weighted by Gasteiger charge is 2.27. The molecule has 2 amide bonds. The number of amides is 2. The molecule has 0 unspecified atom stereocenters. The summed E-state index contributed by atoms with van der Waals surface area (Å²) in [6.07, 6.45) is 5.37. The van der Waals surface area contributed by atoms with E-state index < -0.39 is 28.3 Å². The number of anilines is 2. The topological polar surface area (TPSA) is 155 Å². The highest BCUT2D eigenvalue weighted by Crippen LogP contribution is 2.30. The SMILES string of the molecule is CS(=O)(=O)c1sc(NC(=O)Nc2ncccc2C(=O)C2CCCC2)nc1CC(=O)O. The van der Waals surface area contributed by atoms with Crippen LogP contribution in [0.25, 0.3) is 0 Å². The summed E-state index contributed by atoms with van der Waals surface area (Å²) in [6.45, 7) is 0. The average Bonchev–Trinajstić information content (AvgIpc) is 3.31. The van der Waals surface area contributed by atoms with Crippen LogP contribution in [0.4, 0.5) is 15.7 Å². The van der Waals surface area contributed by atoms with Gasteiger partial charge in [-0.15, -0.1) is 0 Å². The molecule has 3 N–H and O–H groups in total. The van der Waals surface area contributed by atoms with E-state index in [0.29, 0.717) is 16.9 Å². The predicted octanol–water partition coefficient (Wildman–Crippen LogP) is 2.59. The number of carboxylic acids is 1. The molecule has 0 radical (unpaired) electrons. The molecular formula is C18H20N4O6S2. The van der Waals surface area contributed by atoms with E-state index in [0.717, 1.165) is 31.9 Å². The number of aliphatic carboxylic acids is 1. The molecule has 2 aromatic heterocycles. The third-order valence-electron chi connectivity index (χ3n) is 4.57. The number of ketones is 1. The number of nitrogens with one attached hydrogen (secondary N) is 2. The Labute approximate surface area is 176 Å². The molecule has 1 fully saturated rings. The summed E-state index contributed by atoms with van der Waals surface area (Å²) in [7, 11) is -3.72. The van der Waals surface area contributed by atoms with Crippen molar-refractivity contribution in [3.63, 3.8) is 0 Å². The summed E-state index contributed by atoms with van der Waals surface area (Å²) in [5.74, 6) is -1.32. The number of urea groups is 1. The van der Waals surface area contributed by atoms with Crippen molar-refractivity contribution in [3.05, 3.63) is 29.6 Å². The monoisotopic (exact) mass is 452 g/mol. The summed E-state index contributed by atoms with van der Waals surface area (Å²) < 4.78 is 23.5. The van der Waals surface area contributed by atoms with Gasteiger partial charge in [-0.3, -0.25) is 20.2 Å². The first kappa shape index (κ1) is 21.8. The average molecular weight is 453 g/mol. The van der Waals surface area contributed by atoms with E-state index in [1.54, 1.807) is 12.1 Å². The van der Waals surface area contributed by atoms with E-state index >= 15 is 0 Å². The fourth-order valence-electron chi connectivity index (χ4n) is 3.28. The number of sulfone groups is 1. The first-order valence-corrected chi connectivity index (χ1v) is 11.8. The second-order valence-corrected chi connectivity index (χ2v) is 10.1. The Bertz CT molecular complexity index is 1090. The summed E-state index contributed by atoms with van der Waals surface area (Å²) in [5.41, 5.74) is 0.155. The predicted molar refractivity (Wildman–Crippen MR) is 110 cm³/mol. The first-order chi connectivity index (χ1) is 14.1. The molecule has 12 heteroatoms. The quantitative estimate of drug-likeness (QED) is 0.541. The second kappa shape index (κ2) is 8.88. The van der Waals surface area contributed by atoms with E-state index in [1.165, 1.54) is 6.20 Å². The molecule has 2 heterocycles. The summed E-state index contributed by atoms with van der Waals surface area (Å²) in [4.78, 5) is 44.1. The van der Waals surface area contributed by atoms with Crippen molar-refractivity contribution in [1.82, 2.24) is 9.97 Å². The smallest absolute Gasteiger partial charge is 0.326 e. The number of rotatable bonds is 7. The maximum atomic E-state index is 12.7. The van der Waals surface area contributed by atoms with Crippen LogP contribution < -0.4 is 10.6 Å². The van der Waals surface area contributed by atoms with E-state index in [4.69, 9.17) is 5.11 Å². The number of thiazole rings is 1. The number of carboxylic acid groups (broad SMARTS) is 1. The Kier molecular flexibility index (Phi) is 6.46. The summed E-state index contributed by atoms with van der Waals surface area (Å²) in [5, 5.41) is 13.7. The van der Waals surface area contributed by atoms with Crippen LogP contribution in [0.3, 0.4) is 0 Å². The number of carbonyl (C=O) groups excluding carboxylic acids is 2. The molecule has 1 aliphatic carbocycles. The molecule has 1 saturated carbocycles. The molecule has 1 aliphatic rings. The van der Waals surface area contributed by atoms with Crippen LogP contribution in [-0.2, 0) is 21.1 Å². The lowest BCUT2D eigenvalue weighted by atomic mass is 9.97. The van der Waals surface area contributed by atoms with E-state index in [9.17, 15) is 22.8 Å². The van der Waals surface area contributed by atoms with E-state index in [2.05, 4.69) is 20.6 Å². The van der Waals surface area contributed by atoms with E-state index in [-0.39, 0.29) is 32.6 Å². The largest absolute Gasteiger partial charge is 0.481 e. The van der Waals surface area contributed by atoms with Gasteiger partial charge in [-0.25, -0.2) is 23.2 Å². The van der Waals surface area contributed by atoms with Gasteiger partial charge >= 0.3 is 12.0 Å². The minimum absolute atomic E-state index is 0.0757. The molecule has 0 spiro atoms. The Hall–Kier alpha value is -2.86. The van der Waals surface area contributed by atoms with Crippen LogP contribution in [-0.4, -0.2) is 47.5 Å². The van der Waals surface area contributed by atoms with Crippen molar-refractivity contribution < 1.29 is 27.9 Å². The number of hydrogen-bond donors (Lipinski definition) is 3. The lowest BCUT2D eigenvalue weighted by Crippen LogP contribution is -2.23. The van der Waals surface area contributed by atoms with Crippen molar-refractivity contribution >= 4 is 49.9 Å². The standard InChI is InChI=1S/C18H20N4O6S2/c1-30(27,28)16-12(9-13(23)24)20-18(29-16)22-17(26)21-15-11(7-4-8-19-15)14(25)10-5-2-3-6-10/h4,7-8,10H,2-3,5-6,9H2,1H3,(H,23,24)(H2,19,20,21,22,26). The minimum atomic E-state index is -3.72. The maximum Gasteiger partial charge on any atom is 0.326 e. The molecule has 0 atom stereocenters. The molecule has 0 aliphatic heterocycles. The van der Waals surface area contributed by atoms with Crippen molar-refractivity contribution in [2.75, 3.05) is 16.9 Å². The summed E-state index contributed by atoms with van der Waals surface area (Å²) in [6, 6.07) is 2.44. The fourth-order valence-corrected chi connectivity index (χ4v) is 5.38. The normalized spacial score (nSPS) is 14.4. The second-order valence-electron chi connectivity index (χ2n) is 6.92. The Balaban J connectivity index is 1.77. The zero-order chi connectivity index (χ0) is 21.9. The van der Waals surface area contributed by atoms with Gasteiger partial charge in [0.25, 0.3) is 0 Å². The van der Waals surface area contributed by atoms with Crippen LogP contribution >= 0.6 is 11.3 Å². The summed E-state index contributed by atoms with van der Waals surface area (Å²) >= 11 is 0.657. The third kappa shape index (κ3) is 5.19. The van der Waals surface area contributed by atoms with Crippen molar-refractivity contribution in [2.45, 2.75) is 36.3 Å². The molecule has 0 saturated heterocycles. The van der Waals surface area contributed by atoms with Crippen molar-refractivity contribution in [1.29, 1.82) is 0 Å². The van der Waals surface area contributed by atoms with Gasteiger partial charge < -0.3 is 5.11 Å². The van der Waals surface area contributed by atoms with Gasteiger partial charge in [0.05, 0.1) is 17.7 Å². The van der Waals surface area contributed by atoms with Crippen molar-refractivity contribution in [3.8, 4) is 0 Å². The Morgan fingerprint density at radius 3 is 2.57 bits per heavy atom. The number of aromatic nitrogens is 2. The third-order valence-corrected chi connectivity index (χ3v) is 7.44. The van der Waals surface area contributed by atoms with Crippen LogP contribution in [0.2, 0.25) is 0 Å². The number of hydrogen-bond acceptors (Lipinski definition) is 8. The van der Waals surface area contributed by atoms with Crippen molar-refractivity contribution in [2.24, 2.45) is 5.92 Å². The number of pyridine rings is 1. The lowest BCUT2D eigenvalue weighted by molar-refractivity contribution is -0.136. The number of Topliss-reactive ketones (excluding diaryl/α,β-unsaturated/α-hetero) is 1. The zero-order valence-electron chi connectivity index (χ0n) is 16.0. The van der Waals surface area contributed by atoms with Gasteiger partial charge in [-0.05, 0) is 25.0 Å². The van der Waals surface area contributed by atoms with Crippen LogP contribution in [0, 0.1) is 5.92 Å². The maximum absolute atomic E-state index is 12.7. The Morgan fingerprint density at radius 1 is 1.23 bits per heavy atom. The van der Waals surface area contributed by atoms with E-state index in [1.807, 2.05) is 0 Å². The molecule has 0 aromatic carbocycles. The lowest BCUT2D eigenvalue weighted by Gasteiger charge is -2.12. The van der Waals surface area contributed by atoms with Gasteiger partial charge in [0.1, 0.15) is 10.0 Å². The van der Waals surface area contributed by atoms with Crippen LogP contribution in [0.15, 0.2) is 22.5 Å². The highest BCUT2D eigenvalue weighted by molar-refractivity contribution is 7.92. The molecule has 160 valence electrons. The zero-order valence-corrected chi connectivity index (χ0v) is 17.7. The molecule has 10 nitrogen and oxygen atoms in total. The van der Waals surface area contributed by atoms with Gasteiger partial charge in [0.15, 0.2) is 20.8 Å². The minimum Gasteiger partial charge on any atom is -0.481 e. The van der Waals surface area contributed by atoms with Crippen LogP contribution in [0.5, 0.6) is 0 Å².